The minimum Gasteiger partial charge on any atom is -0.387 e. The van der Waals surface area contributed by atoms with Crippen molar-refractivity contribution in [3.63, 3.8) is 0 Å². The van der Waals surface area contributed by atoms with Gasteiger partial charge in [-0.15, -0.1) is 0 Å². The molecule has 4 heteroatoms. The van der Waals surface area contributed by atoms with Crippen LogP contribution < -0.4 is 5.32 Å². The van der Waals surface area contributed by atoms with Gasteiger partial charge in [-0.05, 0) is 26.2 Å². The lowest BCUT2D eigenvalue weighted by Gasteiger charge is -2.49. The van der Waals surface area contributed by atoms with Crippen LogP contribution in [0.25, 0.3) is 0 Å². The molecule has 0 aromatic heterocycles. The maximum absolute atomic E-state index is 12.2. The molecule has 2 rings (SSSR count). The molecule has 2 N–H and O–H groups in total. The van der Waals surface area contributed by atoms with Gasteiger partial charge < -0.3 is 10.4 Å². The van der Waals surface area contributed by atoms with E-state index in [4.69, 9.17) is 0 Å². The van der Waals surface area contributed by atoms with Crippen LogP contribution in [-0.4, -0.2) is 46.7 Å². The Labute approximate surface area is 116 Å². The van der Waals surface area contributed by atoms with E-state index >= 15 is 0 Å². The van der Waals surface area contributed by atoms with E-state index in [-0.39, 0.29) is 11.9 Å². The normalized spacial score (nSPS) is 25.6. The molecule has 1 heterocycles. The van der Waals surface area contributed by atoms with E-state index in [0.717, 1.165) is 25.7 Å². The summed E-state index contributed by atoms with van der Waals surface area (Å²) in [5.74, 6) is 0.130. The number of nitrogens with one attached hydrogen (secondary N) is 1. The quantitative estimate of drug-likeness (QED) is 0.797. The fraction of sp³-hybridized carbons (Fsp3) is 0.933. The Morgan fingerprint density at radius 3 is 2.58 bits per heavy atom. The number of aliphatic hydroxyl groups is 1. The molecule has 1 atom stereocenters. The molecule has 0 aromatic rings. The zero-order valence-corrected chi connectivity index (χ0v) is 12.3. The molecule has 1 aliphatic carbocycles. The first kappa shape index (κ1) is 14.8. The van der Waals surface area contributed by atoms with Crippen molar-refractivity contribution >= 4 is 5.91 Å². The van der Waals surface area contributed by atoms with Gasteiger partial charge in [-0.2, -0.15) is 0 Å². The van der Waals surface area contributed by atoms with E-state index in [1.807, 2.05) is 6.92 Å². The van der Waals surface area contributed by atoms with E-state index in [1.54, 1.807) is 0 Å². The highest BCUT2D eigenvalue weighted by Crippen LogP contribution is 2.27. The second-order valence-electron chi connectivity index (χ2n) is 6.40. The predicted octanol–water partition coefficient (Wildman–Crippen LogP) is 1.67. The Kier molecular flexibility index (Phi) is 4.85. The van der Waals surface area contributed by atoms with Crippen LogP contribution in [0.2, 0.25) is 0 Å². The van der Waals surface area contributed by atoms with Gasteiger partial charge in [-0.25, -0.2) is 0 Å². The third-order valence-corrected chi connectivity index (χ3v) is 4.59. The fourth-order valence-electron chi connectivity index (χ4n) is 3.34. The van der Waals surface area contributed by atoms with E-state index in [9.17, 15) is 9.90 Å². The largest absolute Gasteiger partial charge is 0.387 e. The van der Waals surface area contributed by atoms with Crippen LogP contribution in [0.3, 0.4) is 0 Å². The number of β-amino-alcohol motifs (C(OH)–C–C–N with tert-alkyl or cyclic N) is 1. The van der Waals surface area contributed by atoms with Gasteiger partial charge in [-0.1, -0.05) is 32.6 Å². The summed E-state index contributed by atoms with van der Waals surface area (Å²) in [7, 11) is 0. The highest BCUT2D eigenvalue weighted by Gasteiger charge is 2.43. The molecule has 19 heavy (non-hydrogen) atoms. The Hall–Kier alpha value is -0.610. The van der Waals surface area contributed by atoms with Crippen molar-refractivity contribution in [2.24, 2.45) is 0 Å². The lowest BCUT2D eigenvalue weighted by atomic mass is 9.88. The van der Waals surface area contributed by atoms with Gasteiger partial charge in [0.2, 0.25) is 5.91 Å². The number of carbonyl (C=O) groups is 1. The highest BCUT2D eigenvalue weighted by atomic mass is 16.3. The number of amides is 1. The maximum Gasteiger partial charge on any atom is 0.237 e. The van der Waals surface area contributed by atoms with Crippen LogP contribution in [0.4, 0.5) is 0 Å². The molecule has 1 amide bonds. The number of hydrogen-bond donors (Lipinski definition) is 2. The topological polar surface area (TPSA) is 52.6 Å². The van der Waals surface area contributed by atoms with Crippen LogP contribution in [0.1, 0.15) is 58.8 Å². The molecule has 0 bridgehead atoms. The summed E-state index contributed by atoms with van der Waals surface area (Å²) in [4.78, 5) is 14.3. The van der Waals surface area contributed by atoms with E-state index in [1.165, 1.54) is 19.3 Å². The van der Waals surface area contributed by atoms with Crippen LogP contribution in [0.15, 0.2) is 0 Å². The average molecular weight is 268 g/mol. The molecule has 1 unspecified atom stereocenters. The summed E-state index contributed by atoms with van der Waals surface area (Å²) < 4.78 is 0. The molecule has 0 radical (unpaired) electrons. The predicted molar refractivity (Wildman–Crippen MR) is 75.9 cm³/mol. The lowest BCUT2D eigenvalue weighted by molar-refractivity contribution is -0.144. The van der Waals surface area contributed by atoms with Crippen molar-refractivity contribution < 1.29 is 9.90 Å². The van der Waals surface area contributed by atoms with E-state index in [2.05, 4.69) is 17.1 Å². The zero-order chi connectivity index (χ0) is 13.9. The molecular formula is C15H28N2O2. The summed E-state index contributed by atoms with van der Waals surface area (Å²) in [5, 5.41) is 13.3. The fourth-order valence-corrected chi connectivity index (χ4v) is 3.34. The number of hydrogen-bond acceptors (Lipinski definition) is 3. The zero-order valence-electron chi connectivity index (χ0n) is 12.3. The minimum atomic E-state index is -0.547. The summed E-state index contributed by atoms with van der Waals surface area (Å²) >= 11 is 0. The van der Waals surface area contributed by atoms with Gasteiger partial charge >= 0.3 is 0 Å². The van der Waals surface area contributed by atoms with Crippen molar-refractivity contribution in [2.75, 3.05) is 13.1 Å². The second kappa shape index (κ2) is 6.23. The first-order valence-corrected chi connectivity index (χ1v) is 7.81. The molecule has 1 saturated heterocycles. The smallest absolute Gasteiger partial charge is 0.237 e. The Balaban J connectivity index is 1.74. The first-order chi connectivity index (χ1) is 9.04. The Bertz CT molecular complexity index is 307. The SMILES string of the molecule is CCCC1(O)CN(C(C)C(=O)NC2CCCCC2)C1. The van der Waals surface area contributed by atoms with Crippen LogP contribution >= 0.6 is 0 Å². The summed E-state index contributed by atoms with van der Waals surface area (Å²) in [6, 6.07) is 0.263. The number of nitrogens with zero attached hydrogens (tertiary/aromatic N) is 1. The van der Waals surface area contributed by atoms with Gasteiger partial charge in [0.25, 0.3) is 0 Å². The van der Waals surface area contributed by atoms with Crippen molar-refractivity contribution in [1.29, 1.82) is 0 Å². The van der Waals surface area contributed by atoms with Gasteiger partial charge in [0.05, 0.1) is 11.6 Å². The summed E-state index contributed by atoms with van der Waals surface area (Å²) in [6.45, 7) is 5.31. The molecule has 0 aromatic carbocycles. The molecule has 1 saturated carbocycles. The maximum atomic E-state index is 12.2. The first-order valence-electron chi connectivity index (χ1n) is 7.81. The summed E-state index contributed by atoms with van der Waals surface area (Å²) in [5.41, 5.74) is -0.547. The Morgan fingerprint density at radius 2 is 2.00 bits per heavy atom. The molecule has 2 fully saturated rings. The van der Waals surface area contributed by atoms with Crippen LogP contribution in [0.5, 0.6) is 0 Å². The number of likely N-dealkylation sites (tertiary alicyclic amines) is 1. The van der Waals surface area contributed by atoms with Gasteiger partial charge in [-0.3, -0.25) is 9.69 Å². The highest BCUT2D eigenvalue weighted by molar-refractivity contribution is 5.81. The van der Waals surface area contributed by atoms with Gasteiger partial charge in [0, 0.05) is 19.1 Å². The van der Waals surface area contributed by atoms with Crippen molar-refractivity contribution in [1.82, 2.24) is 10.2 Å². The molecule has 0 spiro atoms. The minimum absolute atomic E-state index is 0.112. The Morgan fingerprint density at radius 1 is 1.37 bits per heavy atom. The third-order valence-electron chi connectivity index (χ3n) is 4.59. The number of rotatable bonds is 5. The van der Waals surface area contributed by atoms with Crippen molar-refractivity contribution in [3.8, 4) is 0 Å². The lowest BCUT2D eigenvalue weighted by Crippen LogP contribution is -2.66. The van der Waals surface area contributed by atoms with E-state index < -0.39 is 5.60 Å². The molecule has 2 aliphatic rings. The molecule has 1 aliphatic heterocycles. The van der Waals surface area contributed by atoms with Gasteiger partial charge in [0.15, 0.2) is 0 Å². The average Bonchev–Trinajstić information content (AvgIpc) is 2.36. The summed E-state index contributed by atoms with van der Waals surface area (Å²) in [6.07, 6.45) is 7.85. The van der Waals surface area contributed by atoms with Crippen LogP contribution in [0, 0.1) is 0 Å². The van der Waals surface area contributed by atoms with Gasteiger partial charge in [0.1, 0.15) is 0 Å². The molecule has 110 valence electrons. The second-order valence-corrected chi connectivity index (χ2v) is 6.40. The molecule has 4 nitrogen and oxygen atoms in total. The van der Waals surface area contributed by atoms with E-state index in [0.29, 0.717) is 19.1 Å². The van der Waals surface area contributed by atoms with Crippen molar-refractivity contribution in [2.45, 2.75) is 76.5 Å². The third kappa shape index (κ3) is 3.69. The number of carbonyl (C=O) groups excluding carboxylic acids is 1. The molecular weight excluding hydrogens is 240 g/mol. The van der Waals surface area contributed by atoms with Crippen molar-refractivity contribution in [3.05, 3.63) is 0 Å². The monoisotopic (exact) mass is 268 g/mol. The standard InChI is InChI=1S/C15H28N2O2/c1-3-9-15(19)10-17(11-15)12(2)14(18)16-13-7-5-4-6-8-13/h12-13,19H,3-11H2,1-2H3,(H,16,18). The van der Waals surface area contributed by atoms with Crippen LogP contribution in [-0.2, 0) is 4.79 Å².